The predicted octanol–water partition coefficient (Wildman–Crippen LogP) is 8.00. The van der Waals surface area contributed by atoms with Crippen molar-refractivity contribution in [2.75, 3.05) is 0 Å². The lowest BCUT2D eigenvalue weighted by Crippen LogP contribution is -2.55. The van der Waals surface area contributed by atoms with Gasteiger partial charge in [0.15, 0.2) is 0 Å². The Morgan fingerprint density at radius 3 is 2.34 bits per heavy atom. The molecule has 0 aromatic carbocycles. The highest BCUT2D eigenvalue weighted by atomic mass is 16.3. The molecule has 0 radical (unpaired) electrons. The molecule has 1 nitrogen and oxygen atoms in total. The third-order valence-electron chi connectivity index (χ3n) is 11.3. The van der Waals surface area contributed by atoms with Crippen LogP contribution in [-0.2, 0) is 0 Å². The van der Waals surface area contributed by atoms with Crippen LogP contribution in [0.5, 0.6) is 0 Å². The monoisotopic (exact) mass is 402 g/mol. The Hall–Kier alpha value is -0.0400. The molecule has 1 N–H and O–H groups in total. The van der Waals surface area contributed by atoms with Gasteiger partial charge < -0.3 is 5.11 Å². The van der Waals surface area contributed by atoms with Crippen molar-refractivity contribution >= 4 is 0 Å². The first kappa shape index (κ1) is 22.2. The molecule has 4 aliphatic rings. The van der Waals surface area contributed by atoms with Crippen molar-refractivity contribution in [3.63, 3.8) is 0 Å². The van der Waals surface area contributed by atoms with Gasteiger partial charge in [0.2, 0.25) is 0 Å². The lowest BCUT2D eigenvalue weighted by Gasteiger charge is -2.62. The number of rotatable bonds is 6. The van der Waals surface area contributed by atoms with E-state index >= 15 is 0 Å². The number of hydrogen-bond donors (Lipinski definition) is 1. The molecule has 168 valence electrons. The summed E-state index contributed by atoms with van der Waals surface area (Å²) in [4.78, 5) is 0. The van der Waals surface area contributed by atoms with Gasteiger partial charge in [-0.15, -0.1) is 0 Å². The van der Waals surface area contributed by atoms with E-state index in [4.69, 9.17) is 0 Å². The average molecular weight is 403 g/mol. The van der Waals surface area contributed by atoms with Crippen molar-refractivity contribution < 1.29 is 5.11 Å². The minimum absolute atomic E-state index is 0.353. The Morgan fingerprint density at radius 1 is 0.862 bits per heavy atom. The molecule has 4 saturated carbocycles. The highest BCUT2D eigenvalue weighted by Crippen LogP contribution is 2.68. The molecule has 0 saturated heterocycles. The van der Waals surface area contributed by atoms with Crippen LogP contribution in [0.25, 0.3) is 0 Å². The summed E-state index contributed by atoms with van der Waals surface area (Å²) in [5, 5.41) is 11.0. The topological polar surface area (TPSA) is 20.2 Å². The zero-order valence-electron chi connectivity index (χ0n) is 20.3. The Kier molecular flexibility index (Phi) is 6.22. The van der Waals surface area contributed by atoms with E-state index in [0.717, 1.165) is 54.8 Å². The van der Waals surface area contributed by atoms with Crippen LogP contribution >= 0.6 is 0 Å². The predicted molar refractivity (Wildman–Crippen MR) is 124 cm³/mol. The summed E-state index contributed by atoms with van der Waals surface area (Å²) in [5.41, 5.74) is 0.802. The smallest absolute Gasteiger partial charge is 0.0648 e. The van der Waals surface area contributed by atoms with E-state index in [1.165, 1.54) is 70.6 Å². The molecule has 0 heterocycles. The summed E-state index contributed by atoms with van der Waals surface area (Å²) >= 11 is 0. The van der Waals surface area contributed by atoms with Gasteiger partial charge in [0.25, 0.3) is 0 Å². The van der Waals surface area contributed by atoms with E-state index in [-0.39, 0.29) is 5.60 Å². The van der Waals surface area contributed by atoms with E-state index in [0.29, 0.717) is 10.8 Å². The summed E-state index contributed by atoms with van der Waals surface area (Å²) in [7, 11) is 0. The SMILES string of the molecule is CC[C@]1(O)CCC2(C)C(CCC3C4CCC(CCCCC(C)C)C4(C)CCC32)C1. The molecule has 0 aromatic rings. The summed E-state index contributed by atoms with van der Waals surface area (Å²) < 4.78 is 0. The molecule has 29 heavy (non-hydrogen) atoms. The van der Waals surface area contributed by atoms with E-state index < -0.39 is 0 Å². The van der Waals surface area contributed by atoms with Crippen molar-refractivity contribution in [1.82, 2.24) is 0 Å². The maximum Gasteiger partial charge on any atom is 0.0648 e. The highest BCUT2D eigenvalue weighted by molar-refractivity contribution is 5.10. The van der Waals surface area contributed by atoms with E-state index in [2.05, 4.69) is 34.6 Å². The Bertz CT molecular complexity index is 569. The van der Waals surface area contributed by atoms with Crippen LogP contribution in [0.1, 0.15) is 125 Å². The molecule has 0 bridgehead atoms. The van der Waals surface area contributed by atoms with E-state index in [9.17, 15) is 5.11 Å². The Morgan fingerprint density at radius 2 is 1.62 bits per heavy atom. The second kappa shape index (κ2) is 8.14. The molecular formula is C28H50O. The minimum Gasteiger partial charge on any atom is -0.390 e. The largest absolute Gasteiger partial charge is 0.390 e. The second-order valence-electron chi connectivity index (χ2n) is 12.9. The standard InChI is InChI=1S/C28H50O/c1-6-28(29)18-17-27(5)22(19-28)11-13-23-24-14-12-21(10-8-7-9-20(2)3)26(24,4)16-15-25(23)27/h20-25,29H,6-19H2,1-5H3/t21?,22?,23?,24?,25?,26?,27?,28-/m0/s1. The van der Waals surface area contributed by atoms with Gasteiger partial charge >= 0.3 is 0 Å². The van der Waals surface area contributed by atoms with E-state index in [1.54, 1.807) is 0 Å². The van der Waals surface area contributed by atoms with Crippen LogP contribution in [0.15, 0.2) is 0 Å². The van der Waals surface area contributed by atoms with Gasteiger partial charge in [0.05, 0.1) is 5.60 Å². The fourth-order valence-electron chi connectivity index (χ4n) is 9.17. The average Bonchev–Trinajstić information content (AvgIpc) is 3.02. The minimum atomic E-state index is -0.353. The van der Waals surface area contributed by atoms with Crippen LogP contribution in [0.3, 0.4) is 0 Å². The summed E-state index contributed by atoms with van der Waals surface area (Å²) in [6.45, 7) is 12.3. The first-order valence-corrected chi connectivity index (χ1v) is 13.4. The van der Waals surface area contributed by atoms with Crippen molar-refractivity contribution in [2.24, 2.45) is 46.3 Å². The molecule has 4 aliphatic carbocycles. The fourth-order valence-corrected chi connectivity index (χ4v) is 9.17. The van der Waals surface area contributed by atoms with Crippen LogP contribution < -0.4 is 0 Å². The lowest BCUT2D eigenvalue weighted by molar-refractivity contribution is -0.151. The molecule has 0 spiro atoms. The van der Waals surface area contributed by atoms with Gasteiger partial charge in [-0.3, -0.25) is 0 Å². The first-order chi connectivity index (χ1) is 13.7. The molecule has 0 aliphatic heterocycles. The summed E-state index contributed by atoms with van der Waals surface area (Å²) in [6, 6.07) is 0. The van der Waals surface area contributed by atoms with Crippen molar-refractivity contribution in [1.29, 1.82) is 0 Å². The molecule has 0 aromatic heterocycles. The van der Waals surface area contributed by atoms with Gasteiger partial charge in [0, 0.05) is 0 Å². The summed E-state index contributed by atoms with van der Waals surface area (Å²) in [6.07, 6.45) is 19.1. The van der Waals surface area contributed by atoms with Crippen LogP contribution in [-0.4, -0.2) is 10.7 Å². The molecule has 4 rings (SSSR count). The number of fused-ring (bicyclic) bond motifs is 5. The zero-order valence-corrected chi connectivity index (χ0v) is 20.3. The van der Waals surface area contributed by atoms with Gasteiger partial charge in [-0.05, 0) is 117 Å². The highest BCUT2D eigenvalue weighted by Gasteiger charge is 2.60. The van der Waals surface area contributed by atoms with Crippen LogP contribution in [0, 0.1) is 46.3 Å². The number of aliphatic hydroxyl groups is 1. The van der Waals surface area contributed by atoms with Crippen molar-refractivity contribution in [3.8, 4) is 0 Å². The maximum absolute atomic E-state index is 11.0. The molecular weight excluding hydrogens is 352 g/mol. The lowest BCUT2D eigenvalue weighted by atomic mass is 9.43. The van der Waals surface area contributed by atoms with Gasteiger partial charge in [-0.25, -0.2) is 0 Å². The molecule has 1 heteroatoms. The van der Waals surface area contributed by atoms with Gasteiger partial charge in [-0.1, -0.05) is 53.9 Å². The normalized spacial score (nSPS) is 49.6. The summed E-state index contributed by atoms with van der Waals surface area (Å²) in [5.74, 6) is 5.59. The van der Waals surface area contributed by atoms with Gasteiger partial charge in [0.1, 0.15) is 0 Å². The van der Waals surface area contributed by atoms with Crippen LogP contribution in [0.4, 0.5) is 0 Å². The Labute approximate surface area is 181 Å². The zero-order chi connectivity index (χ0) is 20.9. The Balaban J connectivity index is 1.43. The number of hydrogen-bond acceptors (Lipinski definition) is 1. The van der Waals surface area contributed by atoms with E-state index in [1.807, 2.05) is 0 Å². The third kappa shape index (κ3) is 3.85. The van der Waals surface area contributed by atoms with Gasteiger partial charge in [-0.2, -0.15) is 0 Å². The van der Waals surface area contributed by atoms with Crippen molar-refractivity contribution in [2.45, 2.75) is 130 Å². The van der Waals surface area contributed by atoms with Crippen LogP contribution in [0.2, 0.25) is 0 Å². The number of unbranched alkanes of at least 4 members (excludes halogenated alkanes) is 1. The quantitative estimate of drug-likeness (QED) is 0.446. The first-order valence-electron chi connectivity index (χ1n) is 13.4. The third-order valence-corrected chi connectivity index (χ3v) is 11.3. The second-order valence-corrected chi connectivity index (χ2v) is 12.9. The fraction of sp³-hybridized carbons (Fsp3) is 1.00. The molecule has 4 fully saturated rings. The maximum atomic E-state index is 11.0. The molecule has 8 atom stereocenters. The molecule has 7 unspecified atom stereocenters. The molecule has 0 amide bonds. The van der Waals surface area contributed by atoms with Crippen molar-refractivity contribution in [3.05, 3.63) is 0 Å².